The molecule has 2 aromatic heterocycles. The van der Waals surface area contributed by atoms with Gasteiger partial charge in [0.1, 0.15) is 5.56 Å². The molecular formula is C14H20N4O2. The molecule has 6 nitrogen and oxygen atoms in total. The third kappa shape index (κ3) is 2.65. The molecule has 0 radical (unpaired) electrons. The van der Waals surface area contributed by atoms with Crippen LogP contribution in [0.4, 0.5) is 0 Å². The van der Waals surface area contributed by atoms with Crippen molar-refractivity contribution in [3.05, 3.63) is 28.7 Å². The summed E-state index contributed by atoms with van der Waals surface area (Å²) in [4.78, 5) is 18.5. The Morgan fingerprint density at radius 2 is 2.10 bits per heavy atom. The lowest BCUT2D eigenvalue weighted by Crippen LogP contribution is -2.15. The van der Waals surface area contributed by atoms with Crippen molar-refractivity contribution in [2.75, 3.05) is 27.7 Å². The van der Waals surface area contributed by atoms with E-state index in [9.17, 15) is 4.79 Å². The van der Waals surface area contributed by atoms with Gasteiger partial charge in [-0.1, -0.05) is 0 Å². The number of fused-ring (bicyclic) bond motifs is 1. The Morgan fingerprint density at radius 1 is 1.40 bits per heavy atom. The molecule has 0 N–H and O–H groups in total. The maximum Gasteiger partial charge on any atom is 0.341 e. The Bertz CT molecular complexity index is 646. The first kappa shape index (κ1) is 14.5. The van der Waals surface area contributed by atoms with E-state index >= 15 is 0 Å². The number of hydrogen-bond acceptors (Lipinski definition) is 5. The van der Waals surface area contributed by atoms with Gasteiger partial charge in [0, 0.05) is 18.7 Å². The van der Waals surface area contributed by atoms with Crippen LogP contribution >= 0.6 is 0 Å². The number of hydrogen-bond donors (Lipinski definition) is 0. The number of likely N-dealkylation sites (N-methyl/N-ethyl adjacent to an activating group) is 1. The number of ether oxygens (including phenoxy) is 1. The van der Waals surface area contributed by atoms with Gasteiger partial charge in [-0.2, -0.15) is 5.10 Å². The topological polar surface area (TPSA) is 59.7 Å². The summed E-state index contributed by atoms with van der Waals surface area (Å²) in [6.07, 6.45) is 0.744. The lowest BCUT2D eigenvalue weighted by Gasteiger charge is -2.07. The van der Waals surface area contributed by atoms with E-state index < -0.39 is 0 Å². The molecule has 0 spiro atoms. The minimum absolute atomic E-state index is 0.376. The molecule has 0 saturated carbocycles. The highest BCUT2D eigenvalue weighted by molar-refractivity contribution is 5.97. The summed E-state index contributed by atoms with van der Waals surface area (Å²) in [6.45, 7) is 4.70. The van der Waals surface area contributed by atoms with E-state index in [0.29, 0.717) is 11.2 Å². The summed E-state index contributed by atoms with van der Waals surface area (Å²) in [5.74, 6) is 0.358. The molecule has 0 unspecified atom stereocenters. The molecule has 0 aliphatic carbocycles. The van der Waals surface area contributed by atoms with Gasteiger partial charge in [0.25, 0.3) is 0 Å². The van der Waals surface area contributed by atoms with Crippen molar-refractivity contribution in [1.82, 2.24) is 19.5 Å². The third-order valence-corrected chi connectivity index (χ3v) is 3.20. The maximum atomic E-state index is 11.9. The molecule has 0 bridgehead atoms. The van der Waals surface area contributed by atoms with Crippen LogP contribution in [0, 0.1) is 13.8 Å². The lowest BCUT2D eigenvalue weighted by molar-refractivity contribution is 0.0601. The summed E-state index contributed by atoms with van der Waals surface area (Å²) in [5.41, 5.74) is 2.87. The van der Waals surface area contributed by atoms with Crippen molar-refractivity contribution in [3.8, 4) is 0 Å². The maximum absolute atomic E-state index is 11.9. The van der Waals surface area contributed by atoms with Gasteiger partial charge < -0.3 is 9.64 Å². The second-order valence-electron chi connectivity index (χ2n) is 5.15. The molecule has 0 fully saturated rings. The zero-order valence-electron chi connectivity index (χ0n) is 12.6. The van der Waals surface area contributed by atoms with Crippen molar-refractivity contribution < 1.29 is 9.53 Å². The lowest BCUT2D eigenvalue weighted by atomic mass is 10.1. The van der Waals surface area contributed by atoms with E-state index in [0.717, 1.165) is 30.0 Å². The highest BCUT2D eigenvalue weighted by atomic mass is 16.5. The number of carbonyl (C=O) groups excluding carboxylic acids is 1. The second-order valence-corrected chi connectivity index (χ2v) is 5.15. The first-order valence-electron chi connectivity index (χ1n) is 6.53. The molecule has 2 aromatic rings. The van der Waals surface area contributed by atoms with Crippen LogP contribution in [0.5, 0.6) is 0 Å². The minimum Gasteiger partial charge on any atom is -0.465 e. The van der Waals surface area contributed by atoms with Crippen LogP contribution in [0.3, 0.4) is 0 Å². The number of pyridine rings is 1. The molecular weight excluding hydrogens is 256 g/mol. The van der Waals surface area contributed by atoms with Crippen LogP contribution in [0.1, 0.15) is 27.4 Å². The number of nitrogens with zero attached hydrogens (tertiary/aromatic N) is 4. The normalized spacial score (nSPS) is 11.3. The predicted molar refractivity (Wildman–Crippen MR) is 76.1 cm³/mol. The van der Waals surface area contributed by atoms with Crippen LogP contribution < -0.4 is 0 Å². The molecule has 2 rings (SSSR count). The van der Waals surface area contributed by atoms with Gasteiger partial charge in [-0.3, -0.25) is 0 Å². The number of aromatic nitrogens is 3. The molecule has 108 valence electrons. The Balaban J connectivity index is 2.54. The average Bonchev–Trinajstić information content (AvgIpc) is 2.80. The smallest absolute Gasteiger partial charge is 0.341 e. The van der Waals surface area contributed by atoms with Crippen molar-refractivity contribution in [3.63, 3.8) is 0 Å². The summed E-state index contributed by atoms with van der Waals surface area (Å²) in [5, 5.41) is 4.47. The van der Waals surface area contributed by atoms with Crippen LogP contribution in [-0.2, 0) is 11.2 Å². The SMILES string of the molecule is COC(=O)c1c(C)cc(C)n2nc(CCN(C)C)nc12. The first-order valence-corrected chi connectivity index (χ1v) is 6.53. The zero-order chi connectivity index (χ0) is 14.9. The molecule has 0 aromatic carbocycles. The Labute approximate surface area is 118 Å². The Kier molecular flexibility index (Phi) is 4.04. The Morgan fingerprint density at radius 3 is 2.70 bits per heavy atom. The average molecular weight is 276 g/mol. The minimum atomic E-state index is -0.376. The van der Waals surface area contributed by atoms with E-state index in [1.807, 2.05) is 34.0 Å². The number of esters is 1. The molecule has 0 aliphatic heterocycles. The van der Waals surface area contributed by atoms with Gasteiger partial charge in [-0.15, -0.1) is 0 Å². The third-order valence-electron chi connectivity index (χ3n) is 3.20. The van der Waals surface area contributed by atoms with Gasteiger partial charge in [-0.25, -0.2) is 14.3 Å². The molecule has 2 heterocycles. The van der Waals surface area contributed by atoms with Crippen molar-refractivity contribution >= 4 is 11.6 Å². The highest BCUT2D eigenvalue weighted by Crippen LogP contribution is 2.18. The van der Waals surface area contributed by atoms with E-state index in [1.54, 1.807) is 4.52 Å². The predicted octanol–water partition coefficient (Wildman–Crippen LogP) is 1.24. The monoisotopic (exact) mass is 276 g/mol. The van der Waals surface area contributed by atoms with Crippen molar-refractivity contribution in [1.29, 1.82) is 0 Å². The first-order chi connectivity index (χ1) is 9.43. The quantitative estimate of drug-likeness (QED) is 0.786. The highest BCUT2D eigenvalue weighted by Gasteiger charge is 2.19. The van der Waals surface area contributed by atoms with Gasteiger partial charge in [0.15, 0.2) is 11.5 Å². The van der Waals surface area contributed by atoms with Crippen LogP contribution in [0.15, 0.2) is 6.07 Å². The van der Waals surface area contributed by atoms with Gasteiger partial charge >= 0.3 is 5.97 Å². The fourth-order valence-electron chi connectivity index (χ4n) is 2.17. The molecule has 6 heteroatoms. The molecule has 20 heavy (non-hydrogen) atoms. The van der Waals surface area contributed by atoms with E-state index in [-0.39, 0.29) is 5.97 Å². The van der Waals surface area contributed by atoms with E-state index in [2.05, 4.69) is 15.0 Å². The van der Waals surface area contributed by atoms with Crippen molar-refractivity contribution in [2.24, 2.45) is 0 Å². The number of aryl methyl sites for hydroxylation is 2. The fraction of sp³-hybridized carbons (Fsp3) is 0.500. The summed E-state index contributed by atoms with van der Waals surface area (Å²) in [7, 11) is 5.39. The molecule has 0 amide bonds. The summed E-state index contributed by atoms with van der Waals surface area (Å²) >= 11 is 0. The fourth-order valence-corrected chi connectivity index (χ4v) is 2.17. The van der Waals surface area contributed by atoms with E-state index in [1.165, 1.54) is 7.11 Å². The second kappa shape index (κ2) is 5.58. The molecule has 0 aliphatic rings. The summed E-state index contributed by atoms with van der Waals surface area (Å²) in [6, 6.07) is 1.92. The van der Waals surface area contributed by atoms with Crippen LogP contribution in [-0.4, -0.2) is 53.2 Å². The Hall–Kier alpha value is -1.95. The number of carbonyl (C=O) groups is 1. The largest absolute Gasteiger partial charge is 0.465 e. The zero-order valence-corrected chi connectivity index (χ0v) is 12.6. The van der Waals surface area contributed by atoms with Gasteiger partial charge in [-0.05, 0) is 39.6 Å². The van der Waals surface area contributed by atoms with E-state index in [4.69, 9.17) is 4.74 Å². The standard InChI is InChI=1S/C14H20N4O2/c1-9-8-10(2)18-13(12(9)14(19)20-5)15-11(16-18)6-7-17(3)4/h8H,6-7H2,1-5H3. The van der Waals surface area contributed by atoms with Crippen LogP contribution in [0.25, 0.3) is 5.65 Å². The number of methoxy groups -OCH3 is 1. The summed E-state index contributed by atoms with van der Waals surface area (Å²) < 4.78 is 6.56. The van der Waals surface area contributed by atoms with Crippen LogP contribution in [0.2, 0.25) is 0 Å². The number of rotatable bonds is 4. The van der Waals surface area contributed by atoms with Crippen molar-refractivity contribution in [2.45, 2.75) is 20.3 Å². The molecule has 0 atom stereocenters. The van der Waals surface area contributed by atoms with Gasteiger partial charge in [0.2, 0.25) is 0 Å². The molecule has 0 saturated heterocycles. The van der Waals surface area contributed by atoms with Gasteiger partial charge in [0.05, 0.1) is 7.11 Å².